The molecule has 0 bridgehead atoms. The summed E-state index contributed by atoms with van der Waals surface area (Å²) in [5.41, 5.74) is 2.97. The van der Waals surface area contributed by atoms with Gasteiger partial charge in [-0.1, -0.05) is 12.1 Å². The number of methoxy groups -OCH3 is 1. The van der Waals surface area contributed by atoms with Crippen LogP contribution in [0, 0.1) is 0 Å². The highest BCUT2D eigenvalue weighted by molar-refractivity contribution is 6.31. The van der Waals surface area contributed by atoms with Crippen molar-refractivity contribution >= 4 is 17.3 Å². The lowest BCUT2D eigenvalue weighted by Gasteiger charge is -2.42. The van der Waals surface area contributed by atoms with Crippen molar-refractivity contribution in [1.82, 2.24) is 0 Å². The molecule has 202 valence electrons. The number of aliphatic hydroxyl groups excluding tert-OH is 1. The number of ether oxygens (including phenoxy) is 3. The van der Waals surface area contributed by atoms with Crippen LogP contribution >= 0.6 is 0 Å². The van der Waals surface area contributed by atoms with E-state index in [2.05, 4.69) is 0 Å². The van der Waals surface area contributed by atoms with Crippen LogP contribution in [0.4, 0.5) is 0 Å². The summed E-state index contributed by atoms with van der Waals surface area (Å²) in [6.07, 6.45) is -4.53. The van der Waals surface area contributed by atoms with Crippen molar-refractivity contribution < 1.29 is 49.0 Å². The molecule has 6 atom stereocenters. The number of benzene rings is 2. The Morgan fingerprint density at radius 3 is 2.45 bits per heavy atom. The molecule has 0 amide bonds. The molecule has 1 fully saturated rings. The first kappa shape index (κ1) is 26.3. The minimum absolute atomic E-state index is 0.0147. The van der Waals surface area contributed by atoms with Gasteiger partial charge in [-0.25, -0.2) is 0 Å². The highest BCUT2D eigenvalue weighted by atomic mass is 16.7. The minimum atomic E-state index is -2.00. The second kappa shape index (κ2) is 9.14. The van der Waals surface area contributed by atoms with Gasteiger partial charge in [0.15, 0.2) is 17.9 Å². The van der Waals surface area contributed by atoms with Gasteiger partial charge in [0.1, 0.15) is 22.8 Å². The normalized spacial score (nSPS) is 30.3. The lowest BCUT2D eigenvalue weighted by molar-refractivity contribution is -0.247. The maximum atomic E-state index is 13.6. The number of phenolic OH excluding ortho intramolecular Hbond substituents is 2. The fraction of sp³-hybridized carbons (Fsp3) is 0.444. The number of phenols is 2. The van der Waals surface area contributed by atoms with Gasteiger partial charge in [0, 0.05) is 42.0 Å². The number of ketones is 3. The van der Waals surface area contributed by atoms with Crippen LogP contribution in [-0.4, -0.2) is 75.0 Å². The molecule has 1 heterocycles. The largest absolute Gasteiger partial charge is 0.507 e. The number of carbonyl (C=O) groups excluding carboxylic acids is 3. The zero-order chi connectivity index (χ0) is 27.7. The molecule has 6 N–H and O–H groups in total. The molecule has 38 heavy (non-hydrogen) atoms. The lowest BCUT2D eigenvalue weighted by atomic mass is 9.72. The topological polar surface area (TPSA) is 186 Å². The van der Waals surface area contributed by atoms with Gasteiger partial charge in [0.2, 0.25) is 5.78 Å². The van der Waals surface area contributed by atoms with E-state index in [9.17, 15) is 34.8 Å². The fourth-order valence-electron chi connectivity index (χ4n) is 5.66. The van der Waals surface area contributed by atoms with Gasteiger partial charge in [-0.05, 0) is 19.9 Å². The van der Waals surface area contributed by atoms with Gasteiger partial charge >= 0.3 is 0 Å². The van der Waals surface area contributed by atoms with Crippen molar-refractivity contribution in [3.63, 3.8) is 0 Å². The maximum absolute atomic E-state index is 13.6. The monoisotopic (exact) mass is 527 g/mol. The van der Waals surface area contributed by atoms with Gasteiger partial charge < -0.3 is 40.4 Å². The first-order valence-electron chi connectivity index (χ1n) is 12.2. The van der Waals surface area contributed by atoms with Crippen molar-refractivity contribution in [2.24, 2.45) is 5.73 Å². The Labute approximate surface area is 217 Å². The van der Waals surface area contributed by atoms with E-state index in [1.165, 1.54) is 32.2 Å². The summed E-state index contributed by atoms with van der Waals surface area (Å²) in [6.45, 7) is 2.79. The average molecular weight is 528 g/mol. The smallest absolute Gasteiger partial charge is 0.202 e. The summed E-state index contributed by atoms with van der Waals surface area (Å²) < 4.78 is 17.1. The van der Waals surface area contributed by atoms with Crippen molar-refractivity contribution in [3.05, 3.63) is 51.6 Å². The number of carbonyl (C=O) groups is 3. The van der Waals surface area contributed by atoms with Gasteiger partial charge in [0.25, 0.3) is 0 Å². The number of aliphatic hydroxyl groups is 2. The molecule has 2 aromatic rings. The van der Waals surface area contributed by atoms with Crippen LogP contribution in [0.1, 0.15) is 75.8 Å². The molecule has 0 spiro atoms. The van der Waals surface area contributed by atoms with Crippen molar-refractivity contribution in [1.29, 1.82) is 0 Å². The highest BCUT2D eigenvalue weighted by Crippen LogP contribution is 2.52. The Balaban J connectivity index is 1.68. The molecular weight excluding hydrogens is 498 g/mol. The number of hydrogen-bond acceptors (Lipinski definition) is 11. The SMILES string of the molecule is COc1cccc2c1C(=O)c1c(O)c3c(c(O)c1C2=O)C[C@@](O)(C(C)=O)CC3OC1C[C@H](N)[C@H](O)[C@H](C)O1. The highest BCUT2D eigenvalue weighted by Gasteiger charge is 2.49. The van der Waals surface area contributed by atoms with E-state index in [1.54, 1.807) is 6.92 Å². The molecular formula is C27H29NO10. The van der Waals surface area contributed by atoms with Crippen molar-refractivity contribution in [3.8, 4) is 17.2 Å². The molecule has 0 saturated carbocycles. The zero-order valence-corrected chi connectivity index (χ0v) is 21.1. The molecule has 2 aliphatic carbocycles. The van der Waals surface area contributed by atoms with Crippen molar-refractivity contribution in [2.75, 3.05) is 7.11 Å². The Morgan fingerprint density at radius 2 is 1.82 bits per heavy atom. The standard InChI is InChI=1S/C27H29NO10/c1-10-22(30)14(28)7-17(37-10)38-16-9-27(35,11(2)29)8-13-19(16)26(34)21-20(24(13)32)23(31)12-5-4-6-15(36-3)18(12)25(21)33/h4-6,10,14,16-17,22,30,32,34-35H,7-9,28H2,1-3H3/t10-,14-,16?,17?,22+,27-/m0/s1. The molecule has 3 aliphatic rings. The molecule has 5 rings (SSSR count). The maximum Gasteiger partial charge on any atom is 0.202 e. The fourth-order valence-corrected chi connectivity index (χ4v) is 5.66. The van der Waals surface area contributed by atoms with E-state index < -0.39 is 82.6 Å². The molecule has 0 aromatic heterocycles. The van der Waals surface area contributed by atoms with Crippen LogP contribution in [0.25, 0.3) is 0 Å². The Morgan fingerprint density at radius 1 is 1.13 bits per heavy atom. The van der Waals surface area contributed by atoms with E-state index in [0.717, 1.165) is 0 Å². The molecule has 11 heteroatoms. The summed E-state index contributed by atoms with van der Waals surface area (Å²) >= 11 is 0. The van der Waals surface area contributed by atoms with Crippen LogP contribution in [0.15, 0.2) is 18.2 Å². The third-order valence-corrected chi connectivity index (χ3v) is 7.80. The lowest BCUT2D eigenvalue weighted by Crippen LogP contribution is -2.52. The number of nitrogens with two attached hydrogens (primary N) is 1. The number of fused-ring (bicyclic) bond motifs is 3. The first-order chi connectivity index (χ1) is 17.9. The first-order valence-corrected chi connectivity index (χ1v) is 12.2. The number of rotatable bonds is 4. The van der Waals surface area contributed by atoms with Gasteiger partial charge in [0.05, 0.1) is 42.1 Å². The van der Waals surface area contributed by atoms with E-state index in [1.807, 2.05) is 0 Å². The third kappa shape index (κ3) is 3.81. The van der Waals surface area contributed by atoms with Crippen LogP contribution in [0.5, 0.6) is 17.2 Å². The Bertz CT molecular complexity index is 1360. The Hall–Kier alpha value is -3.35. The minimum Gasteiger partial charge on any atom is -0.507 e. The molecule has 0 radical (unpaired) electrons. The number of Topliss-reactive ketones (excluding diaryl/α,β-unsaturated/α-hetero) is 1. The molecule has 2 aromatic carbocycles. The van der Waals surface area contributed by atoms with Crippen LogP contribution < -0.4 is 10.5 Å². The van der Waals surface area contributed by atoms with Crippen LogP contribution in [0.2, 0.25) is 0 Å². The predicted molar refractivity (Wildman–Crippen MR) is 130 cm³/mol. The van der Waals surface area contributed by atoms with Gasteiger partial charge in [-0.2, -0.15) is 0 Å². The summed E-state index contributed by atoms with van der Waals surface area (Å²) in [5, 5.41) is 44.1. The van der Waals surface area contributed by atoms with E-state index in [4.69, 9.17) is 19.9 Å². The van der Waals surface area contributed by atoms with Crippen LogP contribution in [-0.2, 0) is 20.7 Å². The van der Waals surface area contributed by atoms with Crippen molar-refractivity contribution in [2.45, 2.75) is 69.4 Å². The third-order valence-electron chi connectivity index (χ3n) is 7.80. The van der Waals surface area contributed by atoms with E-state index in [0.29, 0.717) is 0 Å². The summed E-state index contributed by atoms with van der Waals surface area (Å²) in [4.78, 5) is 39.6. The number of hydrogen-bond donors (Lipinski definition) is 5. The molecule has 2 unspecified atom stereocenters. The van der Waals surface area contributed by atoms with E-state index >= 15 is 0 Å². The zero-order valence-electron chi connectivity index (χ0n) is 21.1. The summed E-state index contributed by atoms with van der Waals surface area (Å²) in [7, 11) is 1.34. The van der Waals surface area contributed by atoms with E-state index in [-0.39, 0.29) is 40.8 Å². The molecule has 1 saturated heterocycles. The van der Waals surface area contributed by atoms with Crippen LogP contribution in [0.3, 0.4) is 0 Å². The van der Waals surface area contributed by atoms with Gasteiger partial charge in [-0.15, -0.1) is 0 Å². The second-order valence-corrected chi connectivity index (χ2v) is 10.1. The number of aromatic hydroxyl groups is 2. The Kier molecular flexibility index (Phi) is 6.32. The summed E-state index contributed by atoms with van der Waals surface area (Å²) in [6, 6.07) is 3.75. The molecule has 11 nitrogen and oxygen atoms in total. The second-order valence-electron chi connectivity index (χ2n) is 10.1. The quantitative estimate of drug-likeness (QED) is 0.305. The van der Waals surface area contributed by atoms with Gasteiger partial charge in [-0.3, -0.25) is 14.4 Å². The predicted octanol–water partition coefficient (Wildman–Crippen LogP) is 1.03. The summed E-state index contributed by atoms with van der Waals surface area (Å²) in [5.74, 6) is -3.18. The molecule has 1 aliphatic heterocycles. The average Bonchev–Trinajstić information content (AvgIpc) is 2.87.